The average Bonchev–Trinajstić information content (AvgIpc) is 2.44. The van der Waals surface area contributed by atoms with Crippen LogP contribution >= 0.6 is 24.0 Å². The number of benzene rings is 1. The van der Waals surface area contributed by atoms with Crippen LogP contribution in [0.1, 0.15) is 22.8 Å². The number of rotatable bonds is 4. The van der Waals surface area contributed by atoms with Crippen molar-refractivity contribution in [1.82, 2.24) is 5.32 Å². The van der Waals surface area contributed by atoms with Gasteiger partial charge in [0.1, 0.15) is 0 Å². The summed E-state index contributed by atoms with van der Waals surface area (Å²) in [6, 6.07) is 3.56. The number of nitrogens with one attached hydrogen (secondary N) is 1. The molecule has 0 unspecified atom stereocenters. The smallest absolute Gasteiger partial charge is 0.416 e. The predicted molar refractivity (Wildman–Crippen MR) is 80.6 cm³/mol. The molecule has 22 heavy (non-hydrogen) atoms. The lowest BCUT2D eigenvalue weighted by atomic mass is 10.1. The quantitative estimate of drug-likeness (QED) is 0.845. The molecule has 1 aromatic carbocycles. The maximum atomic E-state index is 12.4. The highest BCUT2D eigenvalue weighted by atomic mass is 32.2. The van der Waals surface area contributed by atoms with Gasteiger partial charge in [0.15, 0.2) is 0 Å². The molecule has 0 aromatic heterocycles. The van der Waals surface area contributed by atoms with Gasteiger partial charge in [0, 0.05) is 5.56 Å². The highest BCUT2D eigenvalue weighted by Crippen LogP contribution is 2.29. The van der Waals surface area contributed by atoms with Crippen LogP contribution in [0.15, 0.2) is 24.3 Å². The summed E-state index contributed by atoms with van der Waals surface area (Å²) in [5.74, 6) is -1.51. The van der Waals surface area contributed by atoms with Crippen molar-refractivity contribution in [1.29, 1.82) is 0 Å². The van der Waals surface area contributed by atoms with Crippen molar-refractivity contribution in [2.24, 2.45) is 0 Å². The number of ether oxygens (including phenoxy) is 1. The first-order chi connectivity index (χ1) is 10.2. The van der Waals surface area contributed by atoms with Crippen LogP contribution in [0.5, 0.6) is 0 Å². The zero-order valence-electron chi connectivity index (χ0n) is 11.4. The standard InChI is InChI=1S/C13H12F3NO3S2/c1-2-20-12(21)22-7-10(18)17-11(19)8-3-5-9(6-4-8)13(14,15)16/h3-6H,2,7H2,1H3,(H,17,18,19). The molecule has 0 heterocycles. The van der Waals surface area contributed by atoms with Crippen LogP contribution < -0.4 is 5.32 Å². The van der Waals surface area contributed by atoms with E-state index in [1.807, 2.05) is 0 Å². The van der Waals surface area contributed by atoms with Gasteiger partial charge in [0.25, 0.3) is 5.91 Å². The fourth-order valence-electron chi connectivity index (χ4n) is 1.33. The Morgan fingerprint density at radius 2 is 1.86 bits per heavy atom. The summed E-state index contributed by atoms with van der Waals surface area (Å²) in [6.45, 7) is 2.11. The van der Waals surface area contributed by atoms with Gasteiger partial charge in [-0.3, -0.25) is 14.9 Å². The molecule has 9 heteroatoms. The molecule has 0 radical (unpaired) electrons. The number of hydrogen-bond acceptors (Lipinski definition) is 5. The normalized spacial score (nSPS) is 10.9. The Morgan fingerprint density at radius 3 is 2.36 bits per heavy atom. The largest absolute Gasteiger partial charge is 0.479 e. The second kappa shape index (κ2) is 8.14. The molecule has 1 aromatic rings. The number of carbonyl (C=O) groups excluding carboxylic acids is 2. The summed E-state index contributed by atoms with van der Waals surface area (Å²) in [5, 5.41) is 2.06. The molecule has 120 valence electrons. The van der Waals surface area contributed by atoms with E-state index in [4.69, 9.17) is 17.0 Å². The minimum Gasteiger partial charge on any atom is -0.479 e. The number of halogens is 3. The summed E-state index contributed by atoms with van der Waals surface area (Å²) < 4.78 is 42.3. The van der Waals surface area contributed by atoms with Gasteiger partial charge in [-0.1, -0.05) is 11.8 Å². The molecule has 0 saturated heterocycles. The van der Waals surface area contributed by atoms with Crippen molar-refractivity contribution in [3.8, 4) is 0 Å². The van der Waals surface area contributed by atoms with E-state index in [0.29, 0.717) is 6.61 Å². The van der Waals surface area contributed by atoms with Gasteiger partial charge in [0.2, 0.25) is 10.3 Å². The lowest BCUT2D eigenvalue weighted by Crippen LogP contribution is -2.32. The van der Waals surface area contributed by atoms with E-state index in [0.717, 1.165) is 36.0 Å². The molecule has 0 spiro atoms. The minimum atomic E-state index is -4.48. The van der Waals surface area contributed by atoms with Gasteiger partial charge < -0.3 is 4.74 Å². The first kappa shape index (κ1) is 18.4. The molecule has 0 bridgehead atoms. The Bertz CT molecular complexity index is 559. The zero-order chi connectivity index (χ0) is 16.8. The second-order valence-electron chi connectivity index (χ2n) is 3.92. The minimum absolute atomic E-state index is 0.0428. The molecule has 1 rings (SSSR count). The van der Waals surface area contributed by atoms with Crippen LogP contribution in [0.4, 0.5) is 13.2 Å². The third kappa shape index (κ3) is 6.02. The number of thiocarbonyl (C=S) groups is 1. The molecule has 0 aliphatic heterocycles. The summed E-state index contributed by atoms with van der Waals surface area (Å²) in [7, 11) is 0. The molecule has 2 amide bonds. The average molecular weight is 351 g/mol. The maximum Gasteiger partial charge on any atom is 0.416 e. The van der Waals surface area contributed by atoms with Gasteiger partial charge in [-0.05, 0) is 43.4 Å². The van der Waals surface area contributed by atoms with E-state index in [1.54, 1.807) is 6.92 Å². The molecular formula is C13H12F3NO3S2. The topological polar surface area (TPSA) is 55.4 Å². The Morgan fingerprint density at radius 1 is 1.27 bits per heavy atom. The van der Waals surface area contributed by atoms with Crippen LogP contribution in [-0.2, 0) is 15.7 Å². The van der Waals surface area contributed by atoms with Gasteiger partial charge in [-0.2, -0.15) is 13.2 Å². The SMILES string of the molecule is CCOC(=S)SCC(=O)NC(=O)c1ccc(C(F)(F)F)cc1. The number of imide groups is 1. The molecule has 4 nitrogen and oxygen atoms in total. The lowest BCUT2D eigenvalue weighted by molar-refractivity contribution is -0.137. The van der Waals surface area contributed by atoms with Crippen LogP contribution in [0, 0.1) is 0 Å². The number of thioether (sulfide) groups is 1. The fourth-order valence-corrected chi connectivity index (χ4v) is 2.15. The highest BCUT2D eigenvalue weighted by molar-refractivity contribution is 8.23. The third-order valence-corrected chi connectivity index (χ3v) is 3.54. The Balaban J connectivity index is 2.54. The van der Waals surface area contributed by atoms with Gasteiger partial charge in [-0.25, -0.2) is 0 Å². The second-order valence-corrected chi connectivity index (χ2v) is 5.50. The summed E-state index contributed by atoms with van der Waals surface area (Å²) in [4.78, 5) is 23.2. The molecule has 0 atom stereocenters. The molecule has 1 N–H and O–H groups in total. The zero-order valence-corrected chi connectivity index (χ0v) is 13.0. The summed E-state index contributed by atoms with van der Waals surface area (Å²) >= 11 is 5.75. The van der Waals surface area contributed by atoms with Crippen molar-refractivity contribution in [2.45, 2.75) is 13.1 Å². The first-order valence-corrected chi connectivity index (χ1v) is 7.44. The van der Waals surface area contributed by atoms with Gasteiger partial charge in [0.05, 0.1) is 17.9 Å². The molecule has 0 aliphatic carbocycles. The van der Waals surface area contributed by atoms with E-state index in [2.05, 4.69) is 5.32 Å². The van der Waals surface area contributed by atoms with Crippen molar-refractivity contribution >= 4 is 40.2 Å². The van der Waals surface area contributed by atoms with Crippen molar-refractivity contribution in [2.75, 3.05) is 12.4 Å². The first-order valence-electron chi connectivity index (χ1n) is 6.05. The van der Waals surface area contributed by atoms with Crippen LogP contribution in [-0.4, -0.2) is 28.6 Å². The fraction of sp³-hybridized carbons (Fsp3) is 0.308. The van der Waals surface area contributed by atoms with Crippen molar-refractivity contribution in [3.05, 3.63) is 35.4 Å². The third-order valence-electron chi connectivity index (χ3n) is 2.31. The molecule has 0 saturated carbocycles. The maximum absolute atomic E-state index is 12.4. The van der Waals surface area contributed by atoms with E-state index in [9.17, 15) is 22.8 Å². The van der Waals surface area contributed by atoms with E-state index in [-0.39, 0.29) is 15.7 Å². The van der Waals surface area contributed by atoms with E-state index < -0.39 is 23.6 Å². The predicted octanol–water partition coefficient (Wildman–Crippen LogP) is 3.02. The van der Waals surface area contributed by atoms with Crippen LogP contribution in [0.2, 0.25) is 0 Å². The van der Waals surface area contributed by atoms with Crippen molar-refractivity contribution < 1.29 is 27.5 Å². The number of hydrogen-bond donors (Lipinski definition) is 1. The molecule has 0 fully saturated rings. The monoisotopic (exact) mass is 351 g/mol. The molecular weight excluding hydrogens is 339 g/mol. The molecule has 0 aliphatic rings. The Kier molecular flexibility index (Phi) is 6.82. The lowest BCUT2D eigenvalue weighted by Gasteiger charge is -2.08. The number of carbonyl (C=O) groups is 2. The van der Waals surface area contributed by atoms with Crippen molar-refractivity contribution in [3.63, 3.8) is 0 Å². The van der Waals surface area contributed by atoms with E-state index >= 15 is 0 Å². The summed E-state index contributed by atoms with van der Waals surface area (Å²) in [5.41, 5.74) is -0.910. The van der Waals surface area contributed by atoms with Crippen LogP contribution in [0.3, 0.4) is 0 Å². The highest BCUT2D eigenvalue weighted by Gasteiger charge is 2.30. The number of alkyl halides is 3. The van der Waals surface area contributed by atoms with E-state index in [1.165, 1.54) is 0 Å². The van der Waals surface area contributed by atoms with Gasteiger partial charge >= 0.3 is 6.18 Å². The Labute approximate surface area is 134 Å². The van der Waals surface area contributed by atoms with Crippen LogP contribution in [0.25, 0.3) is 0 Å². The van der Waals surface area contributed by atoms with Gasteiger partial charge in [-0.15, -0.1) is 0 Å². The number of amides is 2. The Hall–Kier alpha value is -1.61. The summed E-state index contributed by atoms with van der Waals surface area (Å²) in [6.07, 6.45) is -4.48.